The molecule has 0 radical (unpaired) electrons. The lowest BCUT2D eigenvalue weighted by molar-refractivity contribution is 0.122. The molecule has 3 N–H and O–H groups in total. The van der Waals surface area contributed by atoms with E-state index in [2.05, 4.69) is 11.0 Å². The van der Waals surface area contributed by atoms with Gasteiger partial charge in [0.05, 0.1) is 30.3 Å². The Bertz CT molecular complexity index is 759. The van der Waals surface area contributed by atoms with Crippen molar-refractivity contribution in [3.63, 3.8) is 0 Å². The van der Waals surface area contributed by atoms with Crippen LogP contribution >= 0.6 is 11.8 Å². The summed E-state index contributed by atoms with van der Waals surface area (Å²) in [5.41, 5.74) is 8.60. The SMILES string of the molecule is Nc1ccc(-c2nc(N3CCOCC3)cc(C3(SCCO)CC3)n2)cc1. The van der Waals surface area contributed by atoms with E-state index in [1.165, 1.54) is 0 Å². The Balaban J connectivity index is 1.73. The number of aliphatic hydroxyl groups excluding tert-OH is 1. The van der Waals surface area contributed by atoms with E-state index in [0.717, 1.165) is 73.5 Å². The van der Waals surface area contributed by atoms with Gasteiger partial charge in [-0.15, -0.1) is 11.8 Å². The van der Waals surface area contributed by atoms with Gasteiger partial charge in [-0.25, -0.2) is 9.97 Å². The summed E-state index contributed by atoms with van der Waals surface area (Å²) in [6.07, 6.45) is 2.19. The summed E-state index contributed by atoms with van der Waals surface area (Å²) < 4.78 is 5.50. The number of aromatic nitrogens is 2. The maximum Gasteiger partial charge on any atom is 0.161 e. The van der Waals surface area contributed by atoms with Gasteiger partial charge in [-0.1, -0.05) is 0 Å². The summed E-state index contributed by atoms with van der Waals surface area (Å²) in [5.74, 6) is 2.43. The third-order valence-electron chi connectivity index (χ3n) is 4.86. The smallest absolute Gasteiger partial charge is 0.161 e. The number of aliphatic hydroxyl groups is 1. The van der Waals surface area contributed by atoms with Crippen molar-refractivity contribution in [3.8, 4) is 11.4 Å². The van der Waals surface area contributed by atoms with E-state index in [4.69, 9.17) is 20.4 Å². The van der Waals surface area contributed by atoms with Gasteiger partial charge in [0.2, 0.25) is 0 Å². The van der Waals surface area contributed by atoms with E-state index in [1.807, 2.05) is 24.3 Å². The number of nitrogens with zero attached hydrogens (tertiary/aromatic N) is 3. The average molecular weight is 372 g/mol. The highest BCUT2D eigenvalue weighted by Crippen LogP contribution is 2.56. The number of benzene rings is 1. The molecule has 138 valence electrons. The van der Waals surface area contributed by atoms with Crippen LogP contribution in [0.4, 0.5) is 11.5 Å². The monoisotopic (exact) mass is 372 g/mol. The number of rotatable bonds is 6. The maximum atomic E-state index is 9.23. The molecule has 2 fully saturated rings. The van der Waals surface area contributed by atoms with Gasteiger partial charge in [-0.2, -0.15) is 0 Å². The second-order valence-corrected chi connectivity index (χ2v) is 8.20. The molecule has 6 nitrogen and oxygen atoms in total. The normalized spacial score (nSPS) is 18.7. The molecule has 26 heavy (non-hydrogen) atoms. The van der Waals surface area contributed by atoms with Crippen LogP contribution in [0.3, 0.4) is 0 Å². The molecule has 7 heteroatoms. The summed E-state index contributed by atoms with van der Waals surface area (Å²) in [5, 5.41) is 9.23. The standard InChI is InChI=1S/C19H24N4O2S/c20-15-3-1-14(2-4-15)18-21-16(19(5-6-19)26-12-9-24)13-17(22-18)23-7-10-25-11-8-23/h1-4,13,24H,5-12,20H2. The fraction of sp³-hybridized carbons (Fsp3) is 0.474. The van der Waals surface area contributed by atoms with Gasteiger partial charge in [-0.3, -0.25) is 0 Å². The van der Waals surface area contributed by atoms with Crippen LogP contribution in [-0.4, -0.2) is 53.7 Å². The van der Waals surface area contributed by atoms with Crippen LogP contribution in [0, 0.1) is 0 Å². The molecule has 2 heterocycles. The number of thioether (sulfide) groups is 1. The molecule has 0 amide bonds. The number of hydrogen-bond acceptors (Lipinski definition) is 7. The van der Waals surface area contributed by atoms with Crippen molar-refractivity contribution < 1.29 is 9.84 Å². The summed E-state index contributed by atoms with van der Waals surface area (Å²) in [6.45, 7) is 3.32. The van der Waals surface area contributed by atoms with Crippen molar-refractivity contribution >= 4 is 23.3 Å². The highest BCUT2D eigenvalue weighted by atomic mass is 32.2. The lowest BCUT2D eigenvalue weighted by Crippen LogP contribution is -2.37. The minimum atomic E-state index is 0.0231. The molecular weight excluding hydrogens is 348 g/mol. The van der Waals surface area contributed by atoms with E-state index >= 15 is 0 Å². The third-order valence-corrected chi connectivity index (χ3v) is 6.41. The minimum Gasteiger partial charge on any atom is -0.399 e. The van der Waals surface area contributed by atoms with Crippen LogP contribution in [0.25, 0.3) is 11.4 Å². The van der Waals surface area contributed by atoms with Crippen molar-refractivity contribution in [1.29, 1.82) is 0 Å². The molecule has 1 aromatic carbocycles. The predicted molar refractivity (Wildman–Crippen MR) is 105 cm³/mol. The highest BCUT2D eigenvalue weighted by Gasteiger charge is 2.46. The molecule has 0 atom stereocenters. The molecule has 0 spiro atoms. The topological polar surface area (TPSA) is 84.5 Å². The molecule has 0 bridgehead atoms. The van der Waals surface area contributed by atoms with Gasteiger partial charge in [0.1, 0.15) is 5.82 Å². The number of anilines is 2. The van der Waals surface area contributed by atoms with E-state index in [0.29, 0.717) is 0 Å². The number of nitrogens with two attached hydrogens (primary N) is 1. The minimum absolute atomic E-state index is 0.0231. The van der Waals surface area contributed by atoms with E-state index < -0.39 is 0 Å². The van der Waals surface area contributed by atoms with Gasteiger partial charge >= 0.3 is 0 Å². The largest absolute Gasteiger partial charge is 0.399 e. The van der Waals surface area contributed by atoms with E-state index in [-0.39, 0.29) is 11.4 Å². The van der Waals surface area contributed by atoms with Crippen molar-refractivity contribution in [2.24, 2.45) is 0 Å². The van der Waals surface area contributed by atoms with Gasteiger partial charge < -0.3 is 20.5 Å². The Morgan fingerprint density at radius 1 is 1.15 bits per heavy atom. The fourth-order valence-electron chi connectivity index (χ4n) is 3.21. The van der Waals surface area contributed by atoms with Gasteiger partial charge in [0.15, 0.2) is 5.82 Å². The summed E-state index contributed by atoms with van der Waals surface area (Å²) in [6, 6.07) is 9.83. The van der Waals surface area contributed by atoms with E-state index in [1.54, 1.807) is 11.8 Å². The van der Waals surface area contributed by atoms with Crippen LogP contribution in [-0.2, 0) is 9.48 Å². The van der Waals surface area contributed by atoms with Crippen LogP contribution < -0.4 is 10.6 Å². The average Bonchev–Trinajstić information content (AvgIpc) is 3.48. The van der Waals surface area contributed by atoms with Crippen molar-refractivity contribution in [2.45, 2.75) is 17.6 Å². The Kier molecular flexibility index (Phi) is 5.02. The molecule has 1 saturated heterocycles. The Labute approximate surface area is 157 Å². The predicted octanol–water partition coefficient (Wildman–Crippen LogP) is 2.28. The summed E-state index contributed by atoms with van der Waals surface area (Å²) in [7, 11) is 0. The van der Waals surface area contributed by atoms with Crippen LogP contribution in [0.15, 0.2) is 30.3 Å². The van der Waals surface area contributed by atoms with Crippen LogP contribution in [0.1, 0.15) is 18.5 Å². The first-order valence-electron chi connectivity index (χ1n) is 9.03. The molecule has 1 saturated carbocycles. The lowest BCUT2D eigenvalue weighted by Gasteiger charge is -2.29. The highest BCUT2D eigenvalue weighted by molar-refractivity contribution is 8.00. The maximum absolute atomic E-state index is 9.23. The molecule has 4 rings (SSSR count). The quantitative estimate of drug-likeness (QED) is 0.753. The van der Waals surface area contributed by atoms with Crippen molar-refractivity contribution in [1.82, 2.24) is 9.97 Å². The van der Waals surface area contributed by atoms with Crippen molar-refractivity contribution in [2.75, 3.05) is 49.3 Å². The van der Waals surface area contributed by atoms with Gasteiger partial charge in [-0.05, 0) is 37.1 Å². The first kappa shape index (κ1) is 17.6. The van der Waals surface area contributed by atoms with Crippen LogP contribution in [0.5, 0.6) is 0 Å². The molecular formula is C19H24N4O2S. The Morgan fingerprint density at radius 3 is 2.54 bits per heavy atom. The lowest BCUT2D eigenvalue weighted by atomic mass is 10.1. The summed E-state index contributed by atoms with van der Waals surface area (Å²) >= 11 is 1.80. The van der Waals surface area contributed by atoms with Crippen LogP contribution in [0.2, 0.25) is 0 Å². The van der Waals surface area contributed by atoms with Crippen molar-refractivity contribution in [3.05, 3.63) is 36.0 Å². The zero-order valence-electron chi connectivity index (χ0n) is 14.7. The van der Waals surface area contributed by atoms with Gasteiger partial charge in [0.25, 0.3) is 0 Å². The zero-order chi connectivity index (χ0) is 18.0. The number of nitrogen functional groups attached to an aromatic ring is 1. The molecule has 1 aliphatic carbocycles. The Morgan fingerprint density at radius 2 is 1.88 bits per heavy atom. The first-order valence-corrected chi connectivity index (χ1v) is 10.0. The van der Waals surface area contributed by atoms with E-state index in [9.17, 15) is 5.11 Å². The summed E-state index contributed by atoms with van der Waals surface area (Å²) in [4.78, 5) is 12.0. The van der Waals surface area contributed by atoms with Gasteiger partial charge in [0, 0.05) is 36.2 Å². The second-order valence-electron chi connectivity index (χ2n) is 6.72. The molecule has 1 aromatic heterocycles. The molecule has 0 unspecified atom stereocenters. The molecule has 1 aliphatic heterocycles. The number of hydrogen-bond donors (Lipinski definition) is 2. The fourth-order valence-corrected chi connectivity index (χ4v) is 4.34. The second kappa shape index (κ2) is 7.42. The number of ether oxygens (including phenoxy) is 1. The molecule has 2 aliphatic rings. The number of morpholine rings is 1. The first-order chi connectivity index (χ1) is 12.7. The third kappa shape index (κ3) is 3.65. The zero-order valence-corrected chi connectivity index (χ0v) is 15.5. The molecule has 2 aromatic rings. The Hall–Kier alpha value is -1.83.